The summed E-state index contributed by atoms with van der Waals surface area (Å²) in [6.07, 6.45) is 5.39. The molecule has 1 amide bonds. The number of hydrogen-bond acceptors (Lipinski definition) is 5. The van der Waals surface area contributed by atoms with E-state index in [1.807, 2.05) is 35.2 Å². The van der Waals surface area contributed by atoms with Gasteiger partial charge in [0.05, 0.1) is 0 Å². The van der Waals surface area contributed by atoms with Crippen molar-refractivity contribution in [3.05, 3.63) is 42.5 Å². The van der Waals surface area contributed by atoms with Crippen molar-refractivity contribution in [3.63, 3.8) is 0 Å². The molecule has 0 atom stereocenters. The van der Waals surface area contributed by atoms with Gasteiger partial charge in [0.2, 0.25) is 0 Å². The van der Waals surface area contributed by atoms with Gasteiger partial charge in [-0.1, -0.05) is 43.2 Å². The summed E-state index contributed by atoms with van der Waals surface area (Å²) < 4.78 is 5.75. The maximum Gasteiger partial charge on any atom is 0.414 e. The Morgan fingerprint density at radius 3 is 2.10 bits per heavy atom. The van der Waals surface area contributed by atoms with Crippen molar-refractivity contribution in [1.82, 2.24) is 9.80 Å². The fourth-order valence-electron chi connectivity index (χ4n) is 4.10. The van der Waals surface area contributed by atoms with Crippen LogP contribution >= 0.6 is 0 Å². The van der Waals surface area contributed by atoms with Crippen LogP contribution in [0.15, 0.2) is 42.5 Å². The molecule has 1 heterocycles. The molecule has 2 N–H and O–H groups in total. The van der Waals surface area contributed by atoms with E-state index in [4.69, 9.17) is 24.5 Å². The van der Waals surface area contributed by atoms with Crippen LogP contribution in [0.5, 0.6) is 5.75 Å². The first-order valence-electron chi connectivity index (χ1n) is 10.5. The third-order valence-corrected chi connectivity index (χ3v) is 5.77. The highest BCUT2D eigenvalue weighted by atomic mass is 16.5. The predicted octanol–water partition coefficient (Wildman–Crippen LogP) is 2.46. The predicted molar refractivity (Wildman–Crippen MR) is 115 cm³/mol. The molecule has 8 nitrogen and oxygen atoms in total. The van der Waals surface area contributed by atoms with E-state index in [1.165, 1.54) is 31.1 Å². The van der Waals surface area contributed by atoms with Gasteiger partial charge in [0.25, 0.3) is 5.91 Å². The minimum Gasteiger partial charge on any atom is -0.484 e. The van der Waals surface area contributed by atoms with Crippen LogP contribution in [-0.2, 0) is 14.4 Å². The lowest BCUT2D eigenvalue weighted by atomic mass is 10.1. The molecule has 0 radical (unpaired) electrons. The molecule has 1 aliphatic carbocycles. The van der Waals surface area contributed by atoms with Crippen molar-refractivity contribution in [2.75, 3.05) is 32.8 Å². The first kappa shape index (κ1) is 22.6. The van der Waals surface area contributed by atoms with E-state index >= 15 is 0 Å². The zero-order valence-corrected chi connectivity index (χ0v) is 17.4. The number of carboxylic acid groups (broad SMARTS) is 2. The molecule has 0 unspecified atom stereocenters. The van der Waals surface area contributed by atoms with Gasteiger partial charge in [-0.15, -0.1) is 0 Å². The largest absolute Gasteiger partial charge is 0.484 e. The highest BCUT2D eigenvalue weighted by molar-refractivity contribution is 6.27. The monoisotopic (exact) mass is 428 g/mol. The fraction of sp³-hybridized carbons (Fsp3) is 0.435. The lowest BCUT2D eigenvalue weighted by Gasteiger charge is -2.38. The van der Waals surface area contributed by atoms with E-state index in [0.717, 1.165) is 43.4 Å². The Morgan fingerprint density at radius 1 is 0.871 bits per heavy atom. The van der Waals surface area contributed by atoms with Crippen molar-refractivity contribution < 1.29 is 29.3 Å². The lowest BCUT2D eigenvalue weighted by molar-refractivity contribution is -0.159. The molecule has 166 valence electrons. The second-order valence-electron chi connectivity index (χ2n) is 7.76. The third-order valence-electron chi connectivity index (χ3n) is 5.77. The van der Waals surface area contributed by atoms with Gasteiger partial charge in [-0.2, -0.15) is 0 Å². The average molecular weight is 428 g/mol. The average Bonchev–Trinajstić information content (AvgIpc) is 3.33. The number of benzene rings is 2. The van der Waals surface area contributed by atoms with Crippen molar-refractivity contribution in [2.45, 2.75) is 31.7 Å². The number of carbonyl (C=O) groups is 3. The Kier molecular flexibility index (Phi) is 7.83. The molecule has 0 spiro atoms. The standard InChI is InChI=1S/C21H26N2O2.C2H2O4/c24-21(23-13-11-22(12-14-23)19-7-3-4-8-19)16-25-20-10-9-17-5-1-2-6-18(17)15-20;3-1(4)2(5)6/h1-2,5-6,9-10,15,19H,3-4,7-8,11-14,16H2;(H,3,4)(H,5,6). The third kappa shape index (κ3) is 6.42. The van der Waals surface area contributed by atoms with Crippen LogP contribution < -0.4 is 4.74 Å². The Hall–Kier alpha value is -3.13. The molecule has 1 saturated carbocycles. The molecule has 0 aromatic heterocycles. The lowest BCUT2D eigenvalue weighted by Crippen LogP contribution is -2.52. The zero-order chi connectivity index (χ0) is 22.2. The van der Waals surface area contributed by atoms with Crippen LogP contribution in [0.3, 0.4) is 0 Å². The second-order valence-corrected chi connectivity index (χ2v) is 7.76. The molecule has 0 bridgehead atoms. The van der Waals surface area contributed by atoms with Gasteiger partial charge in [0.15, 0.2) is 6.61 Å². The van der Waals surface area contributed by atoms with Crippen LogP contribution in [0.1, 0.15) is 25.7 Å². The number of ether oxygens (including phenoxy) is 1. The molecular formula is C23H28N2O6. The number of fused-ring (bicyclic) bond motifs is 1. The number of carboxylic acids is 2. The summed E-state index contributed by atoms with van der Waals surface area (Å²) in [7, 11) is 0. The smallest absolute Gasteiger partial charge is 0.414 e. The number of aliphatic carboxylic acids is 2. The van der Waals surface area contributed by atoms with E-state index in [9.17, 15) is 4.79 Å². The molecule has 31 heavy (non-hydrogen) atoms. The molecule has 2 fully saturated rings. The molecule has 2 aliphatic rings. The van der Waals surface area contributed by atoms with E-state index < -0.39 is 11.9 Å². The van der Waals surface area contributed by atoms with Crippen LogP contribution in [0.4, 0.5) is 0 Å². The molecule has 2 aromatic carbocycles. The van der Waals surface area contributed by atoms with E-state index in [2.05, 4.69) is 17.0 Å². The summed E-state index contributed by atoms with van der Waals surface area (Å²) >= 11 is 0. The number of nitrogens with zero attached hydrogens (tertiary/aromatic N) is 2. The van der Waals surface area contributed by atoms with Gasteiger partial charge in [-0.05, 0) is 35.7 Å². The summed E-state index contributed by atoms with van der Waals surface area (Å²) in [6, 6.07) is 14.9. The highest BCUT2D eigenvalue weighted by Crippen LogP contribution is 2.24. The van der Waals surface area contributed by atoms with Crippen LogP contribution in [-0.4, -0.2) is 76.7 Å². The van der Waals surface area contributed by atoms with Gasteiger partial charge in [0, 0.05) is 32.2 Å². The molecular weight excluding hydrogens is 400 g/mol. The van der Waals surface area contributed by atoms with E-state index in [0.29, 0.717) is 0 Å². The van der Waals surface area contributed by atoms with Crippen LogP contribution in [0.2, 0.25) is 0 Å². The summed E-state index contributed by atoms with van der Waals surface area (Å²) in [4.78, 5) is 35.2. The van der Waals surface area contributed by atoms with E-state index in [-0.39, 0.29) is 12.5 Å². The normalized spacial score (nSPS) is 17.1. The topological polar surface area (TPSA) is 107 Å². The SMILES string of the molecule is O=C(COc1ccc2ccccc2c1)N1CCN(C2CCCC2)CC1.O=C(O)C(=O)O. The Bertz CT molecular complexity index is 905. The van der Waals surface area contributed by atoms with Crippen molar-refractivity contribution in [3.8, 4) is 5.75 Å². The maximum atomic E-state index is 12.4. The second kappa shape index (κ2) is 10.8. The molecule has 1 saturated heterocycles. The first-order valence-corrected chi connectivity index (χ1v) is 10.5. The van der Waals surface area contributed by atoms with Crippen molar-refractivity contribution in [2.24, 2.45) is 0 Å². The minimum atomic E-state index is -1.82. The van der Waals surface area contributed by atoms with Crippen molar-refractivity contribution >= 4 is 28.6 Å². The van der Waals surface area contributed by atoms with Gasteiger partial charge in [0.1, 0.15) is 5.75 Å². The molecule has 2 aromatic rings. The number of rotatable bonds is 4. The summed E-state index contributed by atoms with van der Waals surface area (Å²) in [5, 5.41) is 17.1. The van der Waals surface area contributed by atoms with E-state index in [1.54, 1.807) is 0 Å². The van der Waals surface area contributed by atoms with Crippen molar-refractivity contribution in [1.29, 1.82) is 0 Å². The minimum absolute atomic E-state index is 0.0965. The van der Waals surface area contributed by atoms with Crippen LogP contribution in [0.25, 0.3) is 10.8 Å². The molecule has 4 rings (SSSR count). The summed E-state index contributed by atoms with van der Waals surface area (Å²) in [6.45, 7) is 3.80. The number of hydrogen-bond donors (Lipinski definition) is 2. The highest BCUT2D eigenvalue weighted by Gasteiger charge is 2.27. The fourth-order valence-corrected chi connectivity index (χ4v) is 4.10. The quantitative estimate of drug-likeness (QED) is 0.721. The summed E-state index contributed by atoms with van der Waals surface area (Å²) in [5.41, 5.74) is 0. The molecule has 1 aliphatic heterocycles. The Balaban J connectivity index is 0.000000401. The Labute approximate surface area is 181 Å². The number of carbonyl (C=O) groups excluding carboxylic acids is 1. The number of amides is 1. The van der Waals surface area contributed by atoms with Gasteiger partial charge in [-0.3, -0.25) is 9.69 Å². The molecule has 8 heteroatoms. The summed E-state index contributed by atoms with van der Waals surface area (Å²) in [5.74, 6) is -2.79. The maximum absolute atomic E-state index is 12.4. The van der Waals surface area contributed by atoms with Gasteiger partial charge < -0.3 is 19.8 Å². The van der Waals surface area contributed by atoms with Crippen LogP contribution in [0, 0.1) is 0 Å². The zero-order valence-electron chi connectivity index (χ0n) is 17.4. The van der Waals surface area contributed by atoms with Gasteiger partial charge >= 0.3 is 11.9 Å². The first-order chi connectivity index (χ1) is 14.9. The number of piperazine rings is 1. The van der Waals surface area contributed by atoms with Gasteiger partial charge in [-0.25, -0.2) is 9.59 Å². The Morgan fingerprint density at radius 2 is 1.48 bits per heavy atom.